The van der Waals surface area contributed by atoms with Gasteiger partial charge in [0, 0.05) is 12.8 Å². The Morgan fingerprint density at radius 2 is 1.85 bits per heavy atom. The maximum Gasteiger partial charge on any atom is 0.252 e. The van der Waals surface area contributed by atoms with Crippen LogP contribution in [-0.2, 0) is 4.79 Å². The van der Waals surface area contributed by atoms with Crippen molar-refractivity contribution in [1.29, 1.82) is 0 Å². The summed E-state index contributed by atoms with van der Waals surface area (Å²) in [6.45, 7) is 15.0. The van der Waals surface area contributed by atoms with Gasteiger partial charge in [-0.25, -0.2) is 10.0 Å². The zero-order valence-corrected chi connectivity index (χ0v) is 22.2. The molecule has 0 aromatic rings. The zero-order chi connectivity index (χ0) is 23.4. The molecule has 0 aromatic heterocycles. The first kappa shape index (κ1) is 23.9. The van der Waals surface area contributed by atoms with Gasteiger partial charge in [0.05, 0.1) is 0 Å². The summed E-state index contributed by atoms with van der Waals surface area (Å²) in [6, 6.07) is 0.613. The fourth-order valence-corrected chi connectivity index (χ4v) is 9.90. The number of carbonyl (C=O) groups excluding carboxylic acids is 1. The molecule has 4 fully saturated rings. The molecule has 0 bridgehead atoms. The fraction of sp³-hybridized carbons (Fsp3) is 0.900. The Labute approximate surface area is 203 Å². The lowest BCUT2D eigenvalue weighted by molar-refractivity contribution is -0.864. The van der Waals surface area contributed by atoms with Crippen LogP contribution >= 0.6 is 0 Å². The average Bonchev–Trinajstić information content (AvgIpc) is 3.46. The van der Waals surface area contributed by atoms with Crippen LogP contribution in [0.2, 0.25) is 0 Å². The number of nitrogens with zero attached hydrogens (tertiary/aromatic N) is 1. The van der Waals surface area contributed by atoms with Gasteiger partial charge in [0.25, 0.3) is 6.41 Å². The topological polar surface area (TPSA) is 29.1 Å². The van der Waals surface area contributed by atoms with E-state index >= 15 is 0 Å². The first-order valence-electron chi connectivity index (χ1n) is 14.5. The number of hydrogen-bond acceptors (Lipinski definition) is 1. The number of allylic oxidation sites excluding steroid dienone is 1. The van der Waals surface area contributed by atoms with Gasteiger partial charge in [0.15, 0.2) is 13.1 Å². The molecule has 1 N–H and O–H groups in total. The average molecular weight is 456 g/mol. The van der Waals surface area contributed by atoms with Crippen LogP contribution in [0.25, 0.3) is 0 Å². The molecule has 1 amide bonds. The third kappa shape index (κ3) is 3.93. The van der Waals surface area contributed by atoms with Gasteiger partial charge < -0.3 is 0 Å². The van der Waals surface area contributed by atoms with Gasteiger partial charge in [-0.2, -0.15) is 0 Å². The Kier molecular flexibility index (Phi) is 6.28. The lowest BCUT2D eigenvalue weighted by Crippen LogP contribution is -2.55. The number of amides is 1. The van der Waals surface area contributed by atoms with Gasteiger partial charge >= 0.3 is 0 Å². The van der Waals surface area contributed by atoms with E-state index in [0.29, 0.717) is 16.9 Å². The quantitative estimate of drug-likeness (QED) is 0.184. The Morgan fingerprint density at radius 1 is 1.06 bits per heavy atom. The van der Waals surface area contributed by atoms with Gasteiger partial charge in [-0.15, -0.1) is 0 Å². The van der Waals surface area contributed by atoms with Crippen LogP contribution in [0.5, 0.6) is 0 Å². The second kappa shape index (κ2) is 8.68. The molecule has 1 saturated heterocycles. The first-order chi connectivity index (χ1) is 15.7. The molecule has 33 heavy (non-hydrogen) atoms. The molecule has 3 nitrogen and oxygen atoms in total. The molecule has 0 aromatic carbocycles. The van der Waals surface area contributed by atoms with E-state index < -0.39 is 0 Å². The molecule has 0 spiro atoms. The number of quaternary nitrogens is 1. The van der Waals surface area contributed by atoms with Crippen LogP contribution in [0, 0.1) is 46.3 Å². The largest absolute Gasteiger partial charge is 0.274 e. The minimum atomic E-state index is 0.420. The van der Waals surface area contributed by atoms with Crippen LogP contribution in [-0.4, -0.2) is 30.1 Å². The van der Waals surface area contributed by atoms with Crippen LogP contribution in [0.15, 0.2) is 11.6 Å². The van der Waals surface area contributed by atoms with Gasteiger partial charge in [0.2, 0.25) is 0 Å². The number of hydrogen-bond donors (Lipinski definition) is 1. The van der Waals surface area contributed by atoms with E-state index in [-0.39, 0.29) is 0 Å². The van der Waals surface area contributed by atoms with Crippen LogP contribution in [0.4, 0.5) is 0 Å². The van der Waals surface area contributed by atoms with Gasteiger partial charge in [-0.3, -0.25) is 4.79 Å². The summed E-state index contributed by atoms with van der Waals surface area (Å²) in [5.74, 6) is 5.46. The van der Waals surface area contributed by atoms with E-state index in [2.05, 4.69) is 46.1 Å². The highest BCUT2D eigenvalue weighted by molar-refractivity contribution is 5.44. The highest BCUT2D eigenvalue weighted by Gasteiger charge is 2.61. The predicted octanol–water partition coefficient (Wildman–Crippen LogP) is 6.89. The minimum Gasteiger partial charge on any atom is -0.274 e. The Balaban J connectivity index is 1.29. The summed E-state index contributed by atoms with van der Waals surface area (Å²) in [5.41, 5.74) is 5.93. The van der Waals surface area contributed by atoms with Gasteiger partial charge in [0.1, 0.15) is 6.04 Å². The van der Waals surface area contributed by atoms with E-state index in [0.717, 1.165) is 59.6 Å². The predicted molar refractivity (Wildman–Crippen MR) is 136 cm³/mol. The molecule has 5 rings (SSSR count). The van der Waals surface area contributed by atoms with E-state index in [4.69, 9.17) is 0 Å². The van der Waals surface area contributed by atoms with Gasteiger partial charge in [-0.1, -0.05) is 65.5 Å². The van der Waals surface area contributed by atoms with Crippen LogP contribution in [0.1, 0.15) is 105 Å². The number of fused-ring (bicyclic) bond motifs is 5. The standard InChI is InChI=1S/C30H50N2O/c1-21(2)7-6-8-22(3)26-11-12-27-25-10-9-23-19-24(32(17-18-32)31-20-33)13-15-29(23,4)28(25)14-16-30(26,27)5/h9,20-22,24-28H,6-8,10-19H2,1-5H3/p+1/t22-,24+,25?,26-,27?,28?,29+,30-/m1/s1. The summed E-state index contributed by atoms with van der Waals surface area (Å²) >= 11 is 0. The zero-order valence-electron chi connectivity index (χ0n) is 22.2. The van der Waals surface area contributed by atoms with Crippen molar-refractivity contribution in [3.63, 3.8) is 0 Å². The summed E-state index contributed by atoms with van der Waals surface area (Å²) < 4.78 is 0.863. The van der Waals surface area contributed by atoms with Crippen LogP contribution < -0.4 is 5.43 Å². The molecule has 3 saturated carbocycles. The smallest absolute Gasteiger partial charge is 0.252 e. The molecule has 5 aliphatic rings. The maximum absolute atomic E-state index is 11.2. The molecule has 4 aliphatic carbocycles. The van der Waals surface area contributed by atoms with Crippen molar-refractivity contribution in [2.24, 2.45) is 46.3 Å². The monoisotopic (exact) mass is 455 g/mol. The Hall–Kier alpha value is -0.830. The Bertz CT molecular complexity index is 769. The number of carbonyl (C=O) groups is 1. The SMILES string of the molecule is CC(C)CCC[C@@H](C)[C@H]1CCC2C3CC=C4C[C@@H]([N+]5(NC=O)CC5)CC[C@]4(C)C3CC[C@@]21C. The first-order valence-corrected chi connectivity index (χ1v) is 14.5. The summed E-state index contributed by atoms with van der Waals surface area (Å²) in [4.78, 5) is 11.2. The third-order valence-electron chi connectivity index (χ3n) is 12.0. The molecule has 3 unspecified atom stereocenters. The molecular formula is C30H51N2O+. The van der Waals surface area contributed by atoms with Crippen molar-refractivity contribution < 1.29 is 9.39 Å². The normalized spacial score (nSPS) is 44.3. The number of nitrogens with one attached hydrogen (secondary N) is 1. The van der Waals surface area contributed by atoms with E-state index in [1.165, 1.54) is 70.6 Å². The second-order valence-electron chi connectivity index (χ2n) is 13.9. The minimum absolute atomic E-state index is 0.420. The highest BCUT2D eigenvalue weighted by Crippen LogP contribution is 2.67. The van der Waals surface area contributed by atoms with Crippen molar-refractivity contribution in [2.45, 2.75) is 111 Å². The van der Waals surface area contributed by atoms with Gasteiger partial charge in [-0.05, 0) is 84.9 Å². The van der Waals surface area contributed by atoms with Crippen molar-refractivity contribution in [3.05, 3.63) is 11.6 Å². The number of rotatable bonds is 8. The molecule has 1 heterocycles. The molecule has 8 atom stereocenters. The van der Waals surface area contributed by atoms with E-state index in [1.807, 2.05) is 0 Å². The fourth-order valence-electron chi connectivity index (χ4n) is 9.90. The molecular weight excluding hydrogens is 404 g/mol. The summed E-state index contributed by atoms with van der Waals surface area (Å²) in [7, 11) is 0. The van der Waals surface area contributed by atoms with E-state index in [9.17, 15) is 4.79 Å². The molecule has 3 heteroatoms. The highest BCUT2D eigenvalue weighted by atomic mass is 16.1. The second-order valence-corrected chi connectivity index (χ2v) is 13.9. The van der Waals surface area contributed by atoms with Crippen molar-refractivity contribution in [2.75, 3.05) is 13.1 Å². The third-order valence-corrected chi connectivity index (χ3v) is 12.0. The van der Waals surface area contributed by atoms with Crippen molar-refractivity contribution >= 4 is 6.41 Å². The summed E-state index contributed by atoms with van der Waals surface area (Å²) in [6.07, 6.45) is 19.0. The van der Waals surface area contributed by atoms with Crippen molar-refractivity contribution in [3.8, 4) is 0 Å². The molecule has 1 aliphatic heterocycles. The maximum atomic E-state index is 11.2. The lowest BCUT2D eigenvalue weighted by Gasteiger charge is -2.58. The molecule has 186 valence electrons. The summed E-state index contributed by atoms with van der Waals surface area (Å²) in [5, 5.41) is 0. The van der Waals surface area contributed by atoms with Crippen LogP contribution in [0.3, 0.4) is 0 Å². The molecule has 0 radical (unpaired) electrons. The lowest BCUT2D eigenvalue weighted by atomic mass is 9.47. The van der Waals surface area contributed by atoms with Crippen molar-refractivity contribution in [1.82, 2.24) is 5.43 Å². The Morgan fingerprint density at radius 3 is 2.55 bits per heavy atom. The van der Waals surface area contributed by atoms with E-state index in [1.54, 1.807) is 5.57 Å².